The maximum Gasteiger partial charge on any atom is 0.162 e. The molecule has 0 amide bonds. The first kappa shape index (κ1) is 14.8. The Kier molecular flexibility index (Phi) is 4.99. The normalized spacial score (nSPS) is 15.9. The van der Waals surface area contributed by atoms with Crippen LogP contribution in [0.5, 0.6) is 11.5 Å². The van der Waals surface area contributed by atoms with E-state index in [1.165, 1.54) is 32.1 Å². The van der Waals surface area contributed by atoms with E-state index in [0.717, 1.165) is 23.7 Å². The molecule has 0 aromatic heterocycles. The number of nitrogens with zero attached hydrogens (tertiary/aromatic N) is 1. The molecule has 2 N–H and O–H groups in total. The van der Waals surface area contributed by atoms with Gasteiger partial charge in [0.05, 0.1) is 25.6 Å². The minimum Gasteiger partial charge on any atom is -0.493 e. The van der Waals surface area contributed by atoms with Gasteiger partial charge in [-0.25, -0.2) is 0 Å². The van der Waals surface area contributed by atoms with Crippen molar-refractivity contribution < 1.29 is 9.47 Å². The second-order valence-electron chi connectivity index (χ2n) is 5.34. The molecule has 0 unspecified atom stereocenters. The molecule has 1 saturated carbocycles. The van der Waals surface area contributed by atoms with Gasteiger partial charge in [-0.1, -0.05) is 19.3 Å². The van der Waals surface area contributed by atoms with Crippen molar-refractivity contribution in [2.24, 2.45) is 0 Å². The lowest BCUT2D eigenvalue weighted by Gasteiger charge is -2.36. The monoisotopic (exact) mass is 278 g/mol. The van der Waals surface area contributed by atoms with Gasteiger partial charge in [-0.05, 0) is 19.8 Å². The van der Waals surface area contributed by atoms with Crippen LogP contribution in [0.2, 0.25) is 0 Å². The number of nitrogens with two attached hydrogens (primary N) is 1. The van der Waals surface area contributed by atoms with Crippen molar-refractivity contribution >= 4 is 11.4 Å². The third-order valence-corrected chi connectivity index (χ3v) is 4.20. The van der Waals surface area contributed by atoms with E-state index in [-0.39, 0.29) is 0 Å². The van der Waals surface area contributed by atoms with Crippen molar-refractivity contribution in [3.63, 3.8) is 0 Å². The number of hydrogen-bond donors (Lipinski definition) is 1. The zero-order valence-electron chi connectivity index (χ0n) is 12.8. The van der Waals surface area contributed by atoms with Crippen LogP contribution in [0.25, 0.3) is 0 Å². The number of rotatable bonds is 5. The molecule has 0 spiro atoms. The van der Waals surface area contributed by atoms with Gasteiger partial charge >= 0.3 is 0 Å². The number of methoxy groups -OCH3 is 2. The van der Waals surface area contributed by atoms with E-state index in [1.807, 2.05) is 12.1 Å². The van der Waals surface area contributed by atoms with Crippen molar-refractivity contribution in [1.29, 1.82) is 0 Å². The highest BCUT2D eigenvalue weighted by Crippen LogP contribution is 2.39. The van der Waals surface area contributed by atoms with Crippen LogP contribution >= 0.6 is 0 Å². The molecule has 0 radical (unpaired) electrons. The molecule has 0 aliphatic heterocycles. The molecule has 20 heavy (non-hydrogen) atoms. The van der Waals surface area contributed by atoms with Crippen LogP contribution < -0.4 is 20.1 Å². The Balaban J connectivity index is 2.33. The van der Waals surface area contributed by atoms with E-state index < -0.39 is 0 Å². The summed E-state index contributed by atoms with van der Waals surface area (Å²) in [6, 6.07) is 4.46. The fraction of sp³-hybridized carbons (Fsp3) is 0.625. The largest absolute Gasteiger partial charge is 0.493 e. The summed E-state index contributed by atoms with van der Waals surface area (Å²) in [5, 5.41) is 0. The van der Waals surface area contributed by atoms with Gasteiger partial charge in [0.1, 0.15) is 0 Å². The third-order valence-electron chi connectivity index (χ3n) is 4.20. The Hall–Kier alpha value is -1.58. The van der Waals surface area contributed by atoms with Crippen molar-refractivity contribution in [3.05, 3.63) is 12.1 Å². The summed E-state index contributed by atoms with van der Waals surface area (Å²) in [5.41, 5.74) is 8.05. The Morgan fingerprint density at radius 1 is 1.10 bits per heavy atom. The van der Waals surface area contributed by atoms with Crippen LogP contribution in [0.3, 0.4) is 0 Å². The van der Waals surface area contributed by atoms with Gasteiger partial charge in [0.15, 0.2) is 11.5 Å². The zero-order chi connectivity index (χ0) is 14.5. The highest BCUT2D eigenvalue weighted by atomic mass is 16.5. The quantitative estimate of drug-likeness (QED) is 0.838. The molecule has 0 atom stereocenters. The van der Waals surface area contributed by atoms with Crippen LogP contribution in [0, 0.1) is 0 Å². The molecule has 0 bridgehead atoms. The minimum atomic E-state index is 0.592. The lowest BCUT2D eigenvalue weighted by molar-refractivity contribution is 0.354. The van der Waals surface area contributed by atoms with E-state index in [0.29, 0.717) is 11.8 Å². The van der Waals surface area contributed by atoms with Gasteiger partial charge in [-0.15, -0.1) is 0 Å². The summed E-state index contributed by atoms with van der Waals surface area (Å²) >= 11 is 0. The van der Waals surface area contributed by atoms with Gasteiger partial charge in [0, 0.05) is 24.7 Å². The average molecular weight is 278 g/mol. The first-order valence-electron chi connectivity index (χ1n) is 7.49. The summed E-state index contributed by atoms with van der Waals surface area (Å²) in [6.45, 7) is 3.15. The summed E-state index contributed by atoms with van der Waals surface area (Å²) in [5.74, 6) is 1.43. The van der Waals surface area contributed by atoms with Crippen LogP contribution in [-0.2, 0) is 0 Å². The van der Waals surface area contributed by atoms with E-state index in [2.05, 4.69) is 11.8 Å². The highest BCUT2D eigenvalue weighted by molar-refractivity contribution is 5.73. The predicted octanol–water partition coefficient (Wildman–Crippen LogP) is 3.45. The molecule has 1 aromatic carbocycles. The topological polar surface area (TPSA) is 47.7 Å². The average Bonchev–Trinajstić information content (AvgIpc) is 2.50. The Bertz CT molecular complexity index is 442. The second-order valence-corrected chi connectivity index (χ2v) is 5.34. The lowest BCUT2D eigenvalue weighted by Crippen LogP contribution is -2.37. The first-order chi connectivity index (χ1) is 9.71. The predicted molar refractivity (Wildman–Crippen MR) is 83.9 cm³/mol. The molecule has 1 fully saturated rings. The summed E-state index contributed by atoms with van der Waals surface area (Å²) in [7, 11) is 3.30. The standard InChI is InChI=1S/C16H26N2O2/c1-4-18(12-8-6-5-7-9-12)14-11-16(20-3)15(19-2)10-13(14)17/h10-12H,4-9,17H2,1-3H3. The lowest BCUT2D eigenvalue weighted by atomic mass is 9.93. The fourth-order valence-corrected chi connectivity index (χ4v) is 3.15. The minimum absolute atomic E-state index is 0.592. The zero-order valence-corrected chi connectivity index (χ0v) is 12.8. The SMILES string of the molecule is CCN(c1cc(OC)c(OC)cc1N)C1CCCCC1. The van der Waals surface area contributed by atoms with Crippen LogP contribution in [-0.4, -0.2) is 26.8 Å². The van der Waals surface area contributed by atoms with Crippen molar-refractivity contribution in [3.8, 4) is 11.5 Å². The summed E-state index contributed by atoms with van der Waals surface area (Å²) < 4.78 is 10.7. The number of ether oxygens (including phenoxy) is 2. The molecule has 2 rings (SSSR count). The second kappa shape index (κ2) is 6.73. The molecule has 4 heteroatoms. The Morgan fingerprint density at radius 2 is 1.70 bits per heavy atom. The first-order valence-corrected chi connectivity index (χ1v) is 7.49. The Labute approximate surface area is 121 Å². The number of anilines is 2. The molecular formula is C16H26N2O2. The molecule has 4 nitrogen and oxygen atoms in total. The van der Waals surface area contributed by atoms with Gasteiger partial charge < -0.3 is 20.1 Å². The van der Waals surface area contributed by atoms with Gasteiger partial charge in [-0.2, -0.15) is 0 Å². The number of benzene rings is 1. The highest BCUT2D eigenvalue weighted by Gasteiger charge is 2.23. The summed E-state index contributed by atoms with van der Waals surface area (Å²) in [4.78, 5) is 2.41. The van der Waals surface area contributed by atoms with E-state index >= 15 is 0 Å². The van der Waals surface area contributed by atoms with Crippen LogP contribution in [0.4, 0.5) is 11.4 Å². The van der Waals surface area contributed by atoms with Crippen molar-refractivity contribution in [1.82, 2.24) is 0 Å². The van der Waals surface area contributed by atoms with E-state index in [9.17, 15) is 0 Å². The fourth-order valence-electron chi connectivity index (χ4n) is 3.15. The number of hydrogen-bond acceptors (Lipinski definition) is 4. The van der Waals surface area contributed by atoms with Gasteiger partial charge in [-0.3, -0.25) is 0 Å². The molecule has 1 aromatic rings. The summed E-state index contributed by atoms with van der Waals surface area (Å²) in [6.07, 6.45) is 6.49. The van der Waals surface area contributed by atoms with E-state index in [1.54, 1.807) is 14.2 Å². The van der Waals surface area contributed by atoms with Crippen LogP contribution in [0.15, 0.2) is 12.1 Å². The molecule has 1 aliphatic carbocycles. The molecule has 1 aliphatic rings. The molecule has 0 saturated heterocycles. The van der Waals surface area contributed by atoms with Crippen molar-refractivity contribution in [2.45, 2.75) is 45.1 Å². The third kappa shape index (κ3) is 2.94. The number of nitrogen functional groups attached to an aromatic ring is 1. The van der Waals surface area contributed by atoms with Crippen molar-refractivity contribution in [2.75, 3.05) is 31.4 Å². The van der Waals surface area contributed by atoms with Gasteiger partial charge in [0.25, 0.3) is 0 Å². The molecule has 0 heterocycles. The van der Waals surface area contributed by atoms with Gasteiger partial charge in [0.2, 0.25) is 0 Å². The Morgan fingerprint density at radius 3 is 2.25 bits per heavy atom. The molecular weight excluding hydrogens is 252 g/mol. The molecule has 112 valence electrons. The van der Waals surface area contributed by atoms with Crippen LogP contribution in [0.1, 0.15) is 39.0 Å². The smallest absolute Gasteiger partial charge is 0.162 e. The van der Waals surface area contributed by atoms with E-state index in [4.69, 9.17) is 15.2 Å². The maximum absolute atomic E-state index is 6.23. The maximum atomic E-state index is 6.23.